The number of unbranched alkanes of at least 4 members (excludes halogenated alkanes) is 2. The van der Waals surface area contributed by atoms with Crippen LogP contribution in [-0.2, 0) is 16.1 Å². The molecule has 3 aromatic rings. The Hall–Kier alpha value is -3.24. The van der Waals surface area contributed by atoms with Crippen LogP contribution in [0.4, 0.5) is 0 Å². The van der Waals surface area contributed by atoms with Crippen molar-refractivity contribution in [1.82, 2.24) is 4.90 Å². The molecule has 0 heterocycles. The van der Waals surface area contributed by atoms with Crippen molar-refractivity contribution in [3.05, 3.63) is 108 Å². The summed E-state index contributed by atoms with van der Waals surface area (Å²) >= 11 is 0. The van der Waals surface area contributed by atoms with Crippen LogP contribution in [0.3, 0.4) is 0 Å². The third-order valence-electron chi connectivity index (χ3n) is 6.11. The second-order valence-corrected chi connectivity index (χ2v) is 8.64. The molecule has 0 aliphatic rings. The molecule has 0 radical (unpaired) electrons. The summed E-state index contributed by atoms with van der Waals surface area (Å²) in [7, 11) is 3.54. The van der Waals surface area contributed by atoms with Gasteiger partial charge in [-0.2, -0.15) is 0 Å². The van der Waals surface area contributed by atoms with Gasteiger partial charge in [0.2, 0.25) is 0 Å². The van der Waals surface area contributed by atoms with E-state index in [4.69, 9.17) is 9.73 Å². The van der Waals surface area contributed by atoms with Crippen LogP contribution in [0.25, 0.3) is 0 Å². The molecule has 0 amide bonds. The predicted molar refractivity (Wildman–Crippen MR) is 140 cm³/mol. The fourth-order valence-corrected chi connectivity index (χ4v) is 4.27. The fraction of sp³-hybridized carbons (Fsp3) is 0.333. The molecule has 0 N–H and O–H groups in total. The highest BCUT2D eigenvalue weighted by Crippen LogP contribution is 2.21. The van der Waals surface area contributed by atoms with Crippen molar-refractivity contribution in [2.24, 2.45) is 4.99 Å². The van der Waals surface area contributed by atoms with E-state index in [0.717, 1.165) is 49.1 Å². The molecule has 3 rings (SSSR count). The Bertz CT molecular complexity index is 978. The van der Waals surface area contributed by atoms with Crippen LogP contribution in [0, 0.1) is 0 Å². The number of hydrogen-bond acceptors (Lipinski definition) is 4. The number of nitrogens with zero attached hydrogens (tertiary/aromatic N) is 2. The average molecular weight is 457 g/mol. The van der Waals surface area contributed by atoms with Crippen molar-refractivity contribution < 1.29 is 9.53 Å². The fourth-order valence-electron chi connectivity index (χ4n) is 4.27. The number of likely N-dealkylation sites (N-methyl/N-ethyl adjacent to an activating group) is 1. The third-order valence-corrected chi connectivity index (χ3v) is 6.11. The van der Waals surface area contributed by atoms with Crippen molar-refractivity contribution in [1.29, 1.82) is 0 Å². The lowest BCUT2D eigenvalue weighted by Crippen LogP contribution is -2.45. The summed E-state index contributed by atoms with van der Waals surface area (Å²) in [5.74, 6) is -0.300. The first-order chi connectivity index (χ1) is 16.6. The van der Waals surface area contributed by atoms with Gasteiger partial charge >= 0.3 is 5.97 Å². The molecular formula is C30H36N2O2. The number of carbonyl (C=O) groups excluding carboxylic acids is 1. The van der Waals surface area contributed by atoms with Crippen LogP contribution in [0.5, 0.6) is 0 Å². The Labute approximate surface area is 204 Å². The minimum absolute atomic E-state index is 0.0818. The predicted octanol–water partition coefficient (Wildman–Crippen LogP) is 6.15. The quantitative estimate of drug-likeness (QED) is 0.187. The maximum Gasteiger partial charge on any atom is 0.332 e. The van der Waals surface area contributed by atoms with Crippen LogP contribution in [0.2, 0.25) is 0 Å². The van der Waals surface area contributed by atoms with Crippen LogP contribution in [-0.4, -0.2) is 42.8 Å². The highest BCUT2D eigenvalue weighted by molar-refractivity contribution is 6.13. The average Bonchev–Trinajstić information content (AvgIpc) is 2.89. The van der Waals surface area contributed by atoms with Gasteiger partial charge in [0.05, 0.1) is 12.8 Å². The second-order valence-electron chi connectivity index (χ2n) is 8.64. The van der Waals surface area contributed by atoms with Crippen molar-refractivity contribution in [3.8, 4) is 0 Å². The van der Waals surface area contributed by atoms with Crippen LogP contribution in [0.15, 0.2) is 96.0 Å². The van der Waals surface area contributed by atoms with Crippen molar-refractivity contribution in [3.63, 3.8) is 0 Å². The summed E-state index contributed by atoms with van der Waals surface area (Å²) in [5, 5.41) is 0. The van der Waals surface area contributed by atoms with Gasteiger partial charge in [-0.25, -0.2) is 4.79 Å². The molecule has 4 heteroatoms. The normalized spacial score (nSPS) is 12.7. The monoisotopic (exact) mass is 456 g/mol. The number of aliphatic imine (C=N–C) groups is 1. The third kappa shape index (κ3) is 7.13. The van der Waals surface area contributed by atoms with Gasteiger partial charge in [-0.15, -0.1) is 0 Å². The Morgan fingerprint density at radius 3 is 1.88 bits per heavy atom. The summed E-state index contributed by atoms with van der Waals surface area (Å²) < 4.78 is 5.30. The molecular weight excluding hydrogens is 420 g/mol. The molecule has 2 atom stereocenters. The van der Waals surface area contributed by atoms with E-state index in [1.54, 1.807) is 0 Å². The maximum atomic E-state index is 13.2. The topological polar surface area (TPSA) is 41.9 Å². The van der Waals surface area contributed by atoms with Gasteiger partial charge in [0.15, 0.2) is 6.04 Å². The molecule has 0 aromatic heterocycles. The number of ether oxygens (including phenoxy) is 1. The van der Waals surface area contributed by atoms with Gasteiger partial charge in [0.25, 0.3) is 0 Å². The summed E-state index contributed by atoms with van der Waals surface area (Å²) in [6.45, 7) is 2.94. The zero-order valence-electron chi connectivity index (χ0n) is 20.6. The lowest BCUT2D eigenvalue weighted by Gasteiger charge is -2.32. The molecule has 2 unspecified atom stereocenters. The number of benzene rings is 3. The molecule has 3 aromatic carbocycles. The zero-order chi connectivity index (χ0) is 24.2. The summed E-state index contributed by atoms with van der Waals surface area (Å²) in [4.78, 5) is 20.6. The molecule has 0 aliphatic carbocycles. The first-order valence-electron chi connectivity index (χ1n) is 12.1. The Kier molecular flexibility index (Phi) is 10.1. The summed E-state index contributed by atoms with van der Waals surface area (Å²) in [5.41, 5.74) is 4.00. The number of methoxy groups -OCH3 is 1. The lowest BCUT2D eigenvalue weighted by atomic mass is 9.97. The second kappa shape index (κ2) is 13.5. The van der Waals surface area contributed by atoms with Crippen molar-refractivity contribution >= 4 is 11.7 Å². The molecule has 34 heavy (non-hydrogen) atoms. The minimum atomic E-state index is -0.633. The molecule has 4 nitrogen and oxygen atoms in total. The van der Waals surface area contributed by atoms with E-state index in [-0.39, 0.29) is 12.0 Å². The standard InChI is InChI=1S/C30H36N2O2/c1-4-5-9-22-27(32(2)23-24-16-10-6-11-17-24)29(30(33)34-3)31-28(25-18-12-7-13-19-25)26-20-14-8-15-21-26/h6-8,10-21,27,29H,4-5,9,22-23H2,1-3H3. The van der Waals surface area contributed by atoms with Gasteiger partial charge in [0.1, 0.15) is 0 Å². The van der Waals surface area contributed by atoms with Crippen molar-refractivity contribution in [2.45, 2.75) is 51.2 Å². The van der Waals surface area contributed by atoms with Crippen LogP contribution < -0.4 is 0 Å². The van der Waals surface area contributed by atoms with E-state index in [9.17, 15) is 4.79 Å². The van der Waals surface area contributed by atoms with Gasteiger partial charge < -0.3 is 4.74 Å². The Morgan fingerprint density at radius 1 is 0.853 bits per heavy atom. The molecule has 0 fully saturated rings. The highest BCUT2D eigenvalue weighted by atomic mass is 16.5. The molecule has 0 saturated carbocycles. The first kappa shape index (κ1) is 25.4. The van der Waals surface area contributed by atoms with Gasteiger partial charge in [-0.05, 0) is 19.0 Å². The number of hydrogen-bond donors (Lipinski definition) is 0. The van der Waals surface area contributed by atoms with Crippen LogP contribution in [0.1, 0.15) is 49.3 Å². The van der Waals surface area contributed by atoms with E-state index < -0.39 is 6.04 Å². The van der Waals surface area contributed by atoms with Gasteiger partial charge in [0, 0.05) is 23.7 Å². The zero-order valence-corrected chi connectivity index (χ0v) is 20.6. The minimum Gasteiger partial charge on any atom is -0.467 e. The number of esters is 1. The lowest BCUT2D eigenvalue weighted by molar-refractivity contribution is -0.143. The van der Waals surface area contributed by atoms with E-state index in [0.29, 0.717) is 0 Å². The summed E-state index contributed by atoms with van der Waals surface area (Å²) in [6.07, 6.45) is 4.16. The molecule has 0 saturated heterocycles. The maximum absolute atomic E-state index is 13.2. The van der Waals surface area contributed by atoms with E-state index in [1.807, 2.05) is 78.9 Å². The van der Waals surface area contributed by atoms with E-state index in [1.165, 1.54) is 12.7 Å². The SMILES string of the molecule is CCCCCC(C(N=C(c1ccccc1)c1ccccc1)C(=O)OC)N(C)Cc1ccccc1. The highest BCUT2D eigenvalue weighted by Gasteiger charge is 2.32. The molecule has 178 valence electrons. The number of carbonyl (C=O) groups is 1. The van der Waals surface area contributed by atoms with Crippen molar-refractivity contribution in [2.75, 3.05) is 14.2 Å². The molecule has 0 spiro atoms. The van der Waals surface area contributed by atoms with Gasteiger partial charge in [-0.1, -0.05) is 117 Å². The first-order valence-corrected chi connectivity index (χ1v) is 12.1. The smallest absolute Gasteiger partial charge is 0.332 e. The molecule has 0 bridgehead atoms. The number of rotatable bonds is 12. The Morgan fingerprint density at radius 2 is 1.38 bits per heavy atom. The van der Waals surface area contributed by atoms with E-state index >= 15 is 0 Å². The van der Waals surface area contributed by atoms with Crippen LogP contribution >= 0.6 is 0 Å². The van der Waals surface area contributed by atoms with Gasteiger partial charge in [-0.3, -0.25) is 9.89 Å². The molecule has 0 aliphatic heterocycles. The Balaban J connectivity index is 2.04. The van der Waals surface area contributed by atoms with E-state index in [2.05, 4.69) is 31.0 Å². The summed E-state index contributed by atoms with van der Waals surface area (Å²) in [6, 6.07) is 29.8. The largest absolute Gasteiger partial charge is 0.467 e.